The SMILES string of the molecule is CC(C)(C)OC(=O)N1CCN(S(=O)(=O)c2ccc(Oc3ccc(C#N)cc3)cc2)C(C(=O)NO)C1. The van der Waals surface area contributed by atoms with Gasteiger partial charge in [0.05, 0.1) is 16.5 Å². The van der Waals surface area contributed by atoms with Crippen LogP contribution in [0.3, 0.4) is 0 Å². The van der Waals surface area contributed by atoms with E-state index in [9.17, 15) is 23.2 Å². The number of ether oxygens (including phenoxy) is 2. The number of nitrogens with one attached hydrogen (secondary N) is 1. The van der Waals surface area contributed by atoms with Gasteiger partial charge in [0.25, 0.3) is 5.91 Å². The molecular weight excluding hydrogens is 476 g/mol. The molecule has 2 N–H and O–H groups in total. The fraction of sp³-hybridized carbons (Fsp3) is 0.348. The van der Waals surface area contributed by atoms with Crippen LogP contribution in [-0.4, -0.2) is 66.1 Å². The van der Waals surface area contributed by atoms with Crippen LogP contribution in [0, 0.1) is 11.3 Å². The van der Waals surface area contributed by atoms with Crippen molar-refractivity contribution in [3.05, 3.63) is 54.1 Å². The van der Waals surface area contributed by atoms with Gasteiger partial charge in [-0.15, -0.1) is 0 Å². The number of piperazine rings is 1. The number of nitriles is 1. The van der Waals surface area contributed by atoms with E-state index >= 15 is 0 Å². The average molecular weight is 503 g/mol. The topological polar surface area (TPSA) is 149 Å². The molecule has 2 aromatic carbocycles. The molecule has 11 nitrogen and oxygen atoms in total. The normalized spacial score (nSPS) is 16.8. The third-order valence-corrected chi connectivity index (χ3v) is 6.97. The summed E-state index contributed by atoms with van der Waals surface area (Å²) >= 11 is 0. The van der Waals surface area contributed by atoms with E-state index in [1.54, 1.807) is 45.0 Å². The molecule has 2 amide bonds. The molecule has 1 aliphatic rings. The number of carbonyl (C=O) groups is 2. The number of hydrogen-bond donors (Lipinski definition) is 2. The highest BCUT2D eigenvalue weighted by molar-refractivity contribution is 7.89. The highest BCUT2D eigenvalue weighted by Gasteiger charge is 2.42. The summed E-state index contributed by atoms with van der Waals surface area (Å²) in [4.78, 5) is 25.9. The highest BCUT2D eigenvalue weighted by Crippen LogP contribution is 2.27. The van der Waals surface area contributed by atoms with Crippen LogP contribution < -0.4 is 10.2 Å². The number of benzene rings is 2. The van der Waals surface area contributed by atoms with Crippen LogP contribution in [0.1, 0.15) is 26.3 Å². The first-order chi connectivity index (χ1) is 16.4. The lowest BCUT2D eigenvalue weighted by atomic mass is 10.2. The van der Waals surface area contributed by atoms with E-state index in [-0.39, 0.29) is 24.5 Å². The van der Waals surface area contributed by atoms with Gasteiger partial charge in [0.15, 0.2) is 0 Å². The maximum atomic E-state index is 13.3. The lowest BCUT2D eigenvalue weighted by Gasteiger charge is -2.39. The van der Waals surface area contributed by atoms with Crippen LogP contribution in [-0.2, 0) is 19.6 Å². The van der Waals surface area contributed by atoms with Gasteiger partial charge in [-0.1, -0.05) is 0 Å². The molecule has 35 heavy (non-hydrogen) atoms. The molecule has 0 aliphatic carbocycles. The zero-order valence-corrected chi connectivity index (χ0v) is 20.3. The van der Waals surface area contributed by atoms with Gasteiger partial charge in [0.2, 0.25) is 10.0 Å². The Morgan fingerprint density at radius 1 is 1.06 bits per heavy atom. The minimum absolute atomic E-state index is 0.00321. The van der Waals surface area contributed by atoms with E-state index < -0.39 is 33.7 Å². The predicted octanol–water partition coefficient (Wildman–Crippen LogP) is 2.47. The monoisotopic (exact) mass is 502 g/mol. The lowest BCUT2D eigenvalue weighted by molar-refractivity contribution is -0.134. The van der Waals surface area contributed by atoms with Gasteiger partial charge in [0.1, 0.15) is 23.1 Å². The molecule has 1 atom stereocenters. The Morgan fingerprint density at radius 3 is 2.14 bits per heavy atom. The first-order valence-corrected chi connectivity index (χ1v) is 12.1. The second-order valence-electron chi connectivity index (χ2n) is 8.74. The Balaban J connectivity index is 1.78. The number of hydroxylamine groups is 1. The second kappa shape index (κ2) is 10.3. The van der Waals surface area contributed by atoms with Crippen LogP contribution >= 0.6 is 0 Å². The van der Waals surface area contributed by atoms with E-state index in [1.807, 2.05) is 6.07 Å². The Labute approximate surface area is 203 Å². The van der Waals surface area contributed by atoms with Crippen molar-refractivity contribution in [3.63, 3.8) is 0 Å². The van der Waals surface area contributed by atoms with Crippen LogP contribution in [0.4, 0.5) is 4.79 Å². The minimum atomic E-state index is -4.16. The van der Waals surface area contributed by atoms with Crippen molar-refractivity contribution >= 4 is 22.0 Å². The third-order valence-electron chi connectivity index (χ3n) is 5.05. The van der Waals surface area contributed by atoms with E-state index in [1.165, 1.54) is 34.6 Å². The molecule has 1 saturated heterocycles. The smallest absolute Gasteiger partial charge is 0.410 e. The van der Waals surface area contributed by atoms with E-state index in [0.29, 0.717) is 17.1 Å². The highest BCUT2D eigenvalue weighted by atomic mass is 32.2. The Bertz CT molecular complexity index is 1220. The fourth-order valence-electron chi connectivity index (χ4n) is 3.38. The predicted molar refractivity (Wildman–Crippen MR) is 123 cm³/mol. The lowest BCUT2D eigenvalue weighted by Crippen LogP contribution is -2.61. The molecule has 3 rings (SSSR count). The van der Waals surface area contributed by atoms with Crippen molar-refractivity contribution in [2.45, 2.75) is 37.3 Å². The first kappa shape index (κ1) is 26.0. The summed E-state index contributed by atoms with van der Waals surface area (Å²) in [6, 6.07) is 12.7. The van der Waals surface area contributed by atoms with Gasteiger partial charge in [-0.2, -0.15) is 9.57 Å². The molecule has 1 fully saturated rings. The standard InChI is InChI=1S/C23H26N4O7S/c1-23(2,3)34-22(29)26-12-13-27(20(15-26)21(28)25-30)35(31,32)19-10-8-18(9-11-19)33-17-6-4-16(14-24)5-7-17/h4-11,20,30H,12-13,15H2,1-3H3,(H,25,28). The van der Waals surface area contributed by atoms with E-state index in [0.717, 1.165) is 4.31 Å². The van der Waals surface area contributed by atoms with Crippen molar-refractivity contribution in [1.29, 1.82) is 5.26 Å². The Morgan fingerprint density at radius 2 is 1.63 bits per heavy atom. The van der Waals surface area contributed by atoms with Crippen LogP contribution in [0.5, 0.6) is 11.5 Å². The fourth-order valence-corrected chi connectivity index (χ4v) is 4.95. The molecule has 1 unspecified atom stereocenters. The number of sulfonamides is 1. The van der Waals surface area contributed by atoms with Crippen molar-refractivity contribution in [2.75, 3.05) is 19.6 Å². The zero-order chi connectivity index (χ0) is 25.8. The van der Waals surface area contributed by atoms with Gasteiger partial charge in [0, 0.05) is 19.6 Å². The summed E-state index contributed by atoms with van der Waals surface area (Å²) in [6.45, 7) is 4.61. The van der Waals surface area contributed by atoms with Crippen LogP contribution in [0.25, 0.3) is 0 Å². The number of rotatable bonds is 5. The molecular formula is C23H26N4O7S. The van der Waals surface area contributed by atoms with Crippen molar-refractivity contribution in [1.82, 2.24) is 14.7 Å². The number of amides is 2. The quantitative estimate of drug-likeness (QED) is 0.468. The molecule has 1 heterocycles. The van der Waals surface area contributed by atoms with E-state index in [2.05, 4.69) is 0 Å². The summed E-state index contributed by atoms with van der Waals surface area (Å²) in [6.07, 6.45) is -0.686. The maximum Gasteiger partial charge on any atom is 0.410 e. The average Bonchev–Trinajstić information content (AvgIpc) is 2.83. The number of nitrogens with zero attached hydrogens (tertiary/aromatic N) is 3. The Hall–Kier alpha value is -3.66. The third kappa shape index (κ3) is 6.27. The Kier molecular flexibility index (Phi) is 7.64. The van der Waals surface area contributed by atoms with Crippen molar-refractivity contribution < 1.29 is 32.7 Å². The number of hydrogen-bond acceptors (Lipinski definition) is 8. The first-order valence-electron chi connectivity index (χ1n) is 10.7. The molecule has 0 aromatic heterocycles. The molecule has 0 saturated carbocycles. The molecule has 0 radical (unpaired) electrons. The second-order valence-corrected chi connectivity index (χ2v) is 10.6. The summed E-state index contributed by atoms with van der Waals surface area (Å²) < 4.78 is 38.6. The zero-order valence-electron chi connectivity index (χ0n) is 19.5. The van der Waals surface area contributed by atoms with Crippen LogP contribution in [0.2, 0.25) is 0 Å². The van der Waals surface area contributed by atoms with Gasteiger partial charge in [-0.05, 0) is 69.3 Å². The summed E-state index contributed by atoms with van der Waals surface area (Å²) in [5.74, 6) is -0.131. The molecule has 0 bridgehead atoms. The molecule has 12 heteroatoms. The largest absolute Gasteiger partial charge is 0.457 e. The molecule has 2 aromatic rings. The van der Waals surface area contributed by atoms with Crippen molar-refractivity contribution in [2.24, 2.45) is 0 Å². The van der Waals surface area contributed by atoms with Crippen LogP contribution in [0.15, 0.2) is 53.4 Å². The summed E-state index contributed by atoms with van der Waals surface area (Å²) in [5.41, 5.74) is 1.19. The summed E-state index contributed by atoms with van der Waals surface area (Å²) in [5, 5.41) is 18.0. The van der Waals surface area contributed by atoms with Gasteiger partial charge in [-0.3, -0.25) is 10.0 Å². The van der Waals surface area contributed by atoms with Gasteiger partial charge < -0.3 is 14.4 Å². The summed E-state index contributed by atoms with van der Waals surface area (Å²) in [7, 11) is -4.16. The van der Waals surface area contributed by atoms with Gasteiger partial charge >= 0.3 is 6.09 Å². The molecule has 186 valence electrons. The van der Waals surface area contributed by atoms with Crippen molar-refractivity contribution in [3.8, 4) is 17.6 Å². The van der Waals surface area contributed by atoms with E-state index in [4.69, 9.17) is 14.7 Å². The molecule has 1 aliphatic heterocycles. The maximum absolute atomic E-state index is 13.3. The van der Waals surface area contributed by atoms with Gasteiger partial charge in [-0.25, -0.2) is 18.7 Å². The molecule has 0 spiro atoms. The number of carbonyl (C=O) groups excluding carboxylic acids is 2. The minimum Gasteiger partial charge on any atom is -0.457 e.